The van der Waals surface area contributed by atoms with Crippen molar-refractivity contribution >= 4 is 24.0 Å². The Labute approximate surface area is 103 Å². The summed E-state index contributed by atoms with van der Waals surface area (Å²) in [5.41, 5.74) is 2.00. The number of thioether (sulfide) groups is 1. The number of aromatic amines is 1. The summed E-state index contributed by atoms with van der Waals surface area (Å²) in [5.74, 6) is 1.73. The van der Waals surface area contributed by atoms with Gasteiger partial charge in [-0.3, -0.25) is 4.68 Å². The lowest BCUT2D eigenvalue weighted by Gasteiger charge is -2.02. The largest absolute Gasteiger partial charge is 0.342 e. The van der Waals surface area contributed by atoms with Gasteiger partial charge in [0.2, 0.25) is 0 Å². The quantitative estimate of drug-likeness (QED) is 0.852. The topological polar surface area (TPSA) is 46.5 Å². The van der Waals surface area contributed by atoms with Crippen LogP contribution in [0.3, 0.4) is 0 Å². The van der Waals surface area contributed by atoms with Crippen LogP contribution in [0.5, 0.6) is 0 Å². The summed E-state index contributed by atoms with van der Waals surface area (Å²) in [4.78, 5) is 7.53. The van der Waals surface area contributed by atoms with Gasteiger partial charge in [-0.05, 0) is 12.3 Å². The molecule has 0 spiro atoms. The molecule has 0 aromatic carbocycles. The molecule has 2 heterocycles. The Kier molecular flexibility index (Phi) is 3.40. The van der Waals surface area contributed by atoms with Gasteiger partial charge in [-0.2, -0.15) is 16.9 Å². The van der Waals surface area contributed by atoms with Gasteiger partial charge in [0.15, 0.2) is 0 Å². The van der Waals surface area contributed by atoms with Crippen LogP contribution in [0.25, 0.3) is 11.3 Å². The standard InChI is InChI=1S/C10H12N4S2/c1-14-5-7(4-11-14)8-3-10(15)13-9(12-8)6-16-2/h3-5H,6H2,1-2H3,(H,12,13,15). The summed E-state index contributed by atoms with van der Waals surface area (Å²) in [6.07, 6.45) is 5.79. The van der Waals surface area contributed by atoms with Crippen molar-refractivity contribution in [3.63, 3.8) is 0 Å². The highest BCUT2D eigenvalue weighted by atomic mass is 32.2. The summed E-state index contributed by atoms with van der Waals surface area (Å²) < 4.78 is 2.38. The second-order valence-electron chi connectivity index (χ2n) is 3.42. The number of aryl methyl sites for hydroxylation is 1. The number of nitrogens with one attached hydrogen (secondary N) is 1. The molecule has 84 valence electrons. The molecule has 2 aromatic heterocycles. The van der Waals surface area contributed by atoms with Crippen molar-refractivity contribution in [3.8, 4) is 11.3 Å². The number of hydrogen-bond donors (Lipinski definition) is 1. The molecule has 0 atom stereocenters. The van der Waals surface area contributed by atoms with Gasteiger partial charge in [-0.1, -0.05) is 12.2 Å². The normalized spacial score (nSPS) is 10.6. The van der Waals surface area contributed by atoms with E-state index in [0.29, 0.717) is 4.64 Å². The van der Waals surface area contributed by atoms with Crippen molar-refractivity contribution in [1.29, 1.82) is 0 Å². The lowest BCUT2D eigenvalue weighted by atomic mass is 10.2. The predicted molar refractivity (Wildman–Crippen MR) is 68.8 cm³/mol. The van der Waals surface area contributed by atoms with Gasteiger partial charge < -0.3 is 4.98 Å². The van der Waals surface area contributed by atoms with E-state index in [1.165, 1.54) is 0 Å². The van der Waals surface area contributed by atoms with E-state index in [9.17, 15) is 0 Å². The predicted octanol–water partition coefficient (Wildman–Crippen LogP) is 2.40. The molecule has 0 saturated heterocycles. The van der Waals surface area contributed by atoms with Crippen LogP contribution >= 0.6 is 24.0 Å². The lowest BCUT2D eigenvalue weighted by Crippen LogP contribution is -1.95. The zero-order valence-electron chi connectivity index (χ0n) is 9.10. The van der Waals surface area contributed by atoms with Gasteiger partial charge in [0.05, 0.1) is 17.6 Å². The fraction of sp³-hybridized carbons (Fsp3) is 0.300. The first-order chi connectivity index (χ1) is 7.69. The smallest absolute Gasteiger partial charge is 0.130 e. The summed E-state index contributed by atoms with van der Waals surface area (Å²) in [6, 6.07) is 1.86. The first kappa shape index (κ1) is 11.3. The van der Waals surface area contributed by atoms with Crippen molar-refractivity contribution in [2.75, 3.05) is 6.26 Å². The van der Waals surface area contributed by atoms with Crippen molar-refractivity contribution < 1.29 is 0 Å². The summed E-state index contributed by atoms with van der Waals surface area (Å²) >= 11 is 6.85. The molecule has 6 heteroatoms. The first-order valence-corrected chi connectivity index (χ1v) is 6.57. The number of H-pyrrole nitrogens is 1. The fourth-order valence-corrected chi connectivity index (χ4v) is 2.07. The second kappa shape index (κ2) is 4.80. The Morgan fingerprint density at radius 3 is 3.00 bits per heavy atom. The van der Waals surface area contributed by atoms with Crippen LogP contribution in [0.1, 0.15) is 5.82 Å². The van der Waals surface area contributed by atoms with E-state index in [1.807, 2.05) is 31.8 Å². The third kappa shape index (κ3) is 2.51. The summed E-state index contributed by atoms with van der Waals surface area (Å²) in [7, 11) is 1.89. The van der Waals surface area contributed by atoms with Gasteiger partial charge in [0, 0.05) is 18.8 Å². The van der Waals surface area contributed by atoms with E-state index < -0.39 is 0 Å². The van der Waals surface area contributed by atoms with Crippen LogP contribution in [-0.2, 0) is 12.8 Å². The summed E-state index contributed by atoms with van der Waals surface area (Å²) in [6.45, 7) is 0. The average Bonchev–Trinajstić information content (AvgIpc) is 2.64. The third-order valence-corrected chi connectivity index (χ3v) is 2.86. The Hall–Kier alpha value is -1.14. The molecule has 0 radical (unpaired) electrons. The van der Waals surface area contributed by atoms with E-state index in [4.69, 9.17) is 12.2 Å². The van der Waals surface area contributed by atoms with Crippen LogP contribution < -0.4 is 0 Å². The third-order valence-electron chi connectivity index (χ3n) is 2.09. The zero-order chi connectivity index (χ0) is 11.5. The van der Waals surface area contributed by atoms with Crippen LogP contribution in [0, 0.1) is 4.64 Å². The maximum absolute atomic E-state index is 5.14. The Bertz CT molecular complexity index is 544. The fourth-order valence-electron chi connectivity index (χ4n) is 1.43. The van der Waals surface area contributed by atoms with Crippen LogP contribution in [0.4, 0.5) is 0 Å². The molecule has 0 bridgehead atoms. The molecular formula is C10H12N4S2. The SMILES string of the molecule is CSCc1nc(=S)cc(-c2cnn(C)c2)[nH]1. The number of hydrogen-bond acceptors (Lipinski definition) is 4. The van der Waals surface area contributed by atoms with E-state index in [0.717, 1.165) is 22.8 Å². The average molecular weight is 252 g/mol. The molecular weight excluding hydrogens is 240 g/mol. The molecule has 1 N–H and O–H groups in total. The minimum atomic E-state index is 0.613. The Morgan fingerprint density at radius 1 is 1.56 bits per heavy atom. The Morgan fingerprint density at radius 2 is 2.38 bits per heavy atom. The minimum Gasteiger partial charge on any atom is -0.342 e. The lowest BCUT2D eigenvalue weighted by molar-refractivity contribution is 0.768. The zero-order valence-corrected chi connectivity index (χ0v) is 10.7. The molecule has 4 nitrogen and oxygen atoms in total. The summed E-state index contributed by atoms with van der Waals surface area (Å²) in [5, 5.41) is 4.14. The van der Waals surface area contributed by atoms with Crippen LogP contribution in [0.2, 0.25) is 0 Å². The highest BCUT2D eigenvalue weighted by molar-refractivity contribution is 7.97. The van der Waals surface area contributed by atoms with E-state index in [1.54, 1.807) is 16.4 Å². The van der Waals surface area contributed by atoms with Crippen molar-refractivity contribution in [2.45, 2.75) is 5.75 Å². The van der Waals surface area contributed by atoms with Gasteiger partial charge in [-0.25, -0.2) is 4.98 Å². The molecule has 16 heavy (non-hydrogen) atoms. The highest BCUT2D eigenvalue weighted by Crippen LogP contribution is 2.16. The molecule has 0 aliphatic carbocycles. The van der Waals surface area contributed by atoms with Crippen LogP contribution in [0.15, 0.2) is 18.5 Å². The highest BCUT2D eigenvalue weighted by Gasteiger charge is 2.03. The van der Waals surface area contributed by atoms with Crippen molar-refractivity contribution in [2.24, 2.45) is 7.05 Å². The molecule has 0 fully saturated rings. The second-order valence-corrected chi connectivity index (χ2v) is 4.70. The maximum atomic E-state index is 5.14. The van der Waals surface area contributed by atoms with E-state index in [-0.39, 0.29) is 0 Å². The number of nitrogens with zero attached hydrogens (tertiary/aromatic N) is 3. The molecule has 0 aliphatic rings. The van der Waals surface area contributed by atoms with E-state index >= 15 is 0 Å². The molecule has 0 saturated carbocycles. The van der Waals surface area contributed by atoms with Crippen LogP contribution in [-0.4, -0.2) is 26.0 Å². The molecule has 2 rings (SSSR count). The van der Waals surface area contributed by atoms with E-state index in [2.05, 4.69) is 15.1 Å². The molecule has 0 aliphatic heterocycles. The number of rotatable bonds is 3. The number of aromatic nitrogens is 4. The Balaban J connectivity index is 2.44. The molecule has 2 aromatic rings. The molecule has 0 amide bonds. The molecule has 0 unspecified atom stereocenters. The van der Waals surface area contributed by atoms with Crippen molar-refractivity contribution in [1.82, 2.24) is 19.7 Å². The monoisotopic (exact) mass is 252 g/mol. The van der Waals surface area contributed by atoms with Gasteiger partial charge >= 0.3 is 0 Å². The van der Waals surface area contributed by atoms with Gasteiger partial charge in [0.1, 0.15) is 10.5 Å². The van der Waals surface area contributed by atoms with Crippen molar-refractivity contribution in [3.05, 3.63) is 28.9 Å². The first-order valence-electron chi connectivity index (χ1n) is 4.77. The minimum absolute atomic E-state index is 0.613. The van der Waals surface area contributed by atoms with Gasteiger partial charge in [-0.15, -0.1) is 0 Å². The maximum Gasteiger partial charge on any atom is 0.130 e. The van der Waals surface area contributed by atoms with Gasteiger partial charge in [0.25, 0.3) is 0 Å².